The molecular formula is C8H6ClF5N2O2S. The summed E-state index contributed by atoms with van der Waals surface area (Å²) in [6.45, 7) is -0.877. The van der Waals surface area contributed by atoms with Gasteiger partial charge in [0.1, 0.15) is 0 Å². The molecule has 11 heteroatoms. The van der Waals surface area contributed by atoms with Crippen LogP contribution in [0.5, 0.6) is 0 Å². The summed E-state index contributed by atoms with van der Waals surface area (Å²) in [5.74, 6) is 0. The third-order valence-corrected chi connectivity index (χ3v) is 3.40. The number of aromatic nitrogens is 1. The van der Waals surface area contributed by atoms with E-state index >= 15 is 0 Å². The molecule has 0 aliphatic carbocycles. The van der Waals surface area contributed by atoms with Crippen LogP contribution in [0.3, 0.4) is 0 Å². The van der Waals surface area contributed by atoms with E-state index in [9.17, 15) is 30.4 Å². The van der Waals surface area contributed by atoms with Crippen molar-refractivity contribution in [3.05, 3.63) is 22.9 Å². The Hall–Kier alpha value is -1.00. The average Bonchev–Trinajstić information content (AvgIpc) is 2.24. The van der Waals surface area contributed by atoms with Gasteiger partial charge in [-0.1, -0.05) is 0 Å². The van der Waals surface area contributed by atoms with Gasteiger partial charge in [-0.05, 0) is 0 Å². The van der Waals surface area contributed by atoms with Crippen molar-refractivity contribution < 1.29 is 30.4 Å². The topological polar surface area (TPSA) is 73.1 Å². The normalized spacial score (nSPS) is 13.1. The molecular weight excluding hydrogens is 319 g/mol. The Kier molecular flexibility index (Phi) is 4.37. The number of nitrogens with zero attached hydrogens (tertiary/aromatic N) is 1. The third kappa shape index (κ3) is 3.31. The van der Waals surface area contributed by atoms with E-state index < -0.39 is 49.9 Å². The molecule has 0 atom stereocenters. The molecule has 2 N–H and O–H groups in total. The summed E-state index contributed by atoms with van der Waals surface area (Å²) in [5, 5.41) is -1.10. The number of alkyl halides is 5. The van der Waals surface area contributed by atoms with Gasteiger partial charge in [-0.25, -0.2) is 22.2 Å². The molecule has 0 spiro atoms. The van der Waals surface area contributed by atoms with Crippen LogP contribution in [-0.2, 0) is 21.8 Å². The second-order valence-corrected chi connectivity index (χ2v) is 5.79. The highest BCUT2D eigenvalue weighted by atomic mass is 35.7. The molecule has 0 aliphatic heterocycles. The SMILES string of the molecule is NCc1c(S(=O)(=O)Cl)ncc(C(F)(F)F)c1C(F)F. The minimum absolute atomic E-state index is 0.00405. The minimum Gasteiger partial charge on any atom is -0.326 e. The summed E-state index contributed by atoms with van der Waals surface area (Å²) in [7, 11) is 0.330. The average molecular weight is 325 g/mol. The van der Waals surface area contributed by atoms with E-state index in [1.54, 1.807) is 0 Å². The van der Waals surface area contributed by atoms with Crippen LogP contribution in [0, 0.1) is 0 Å². The number of hydrogen-bond acceptors (Lipinski definition) is 4. The van der Waals surface area contributed by atoms with Crippen LogP contribution in [0.4, 0.5) is 22.0 Å². The van der Waals surface area contributed by atoms with E-state index in [4.69, 9.17) is 16.4 Å². The van der Waals surface area contributed by atoms with Gasteiger partial charge in [0.05, 0.1) is 5.56 Å². The number of halogens is 6. The molecule has 0 aromatic carbocycles. The quantitative estimate of drug-likeness (QED) is 0.684. The van der Waals surface area contributed by atoms with Crippen LogP contribution in [0.2, 0.25) is 0 Å². The first-order chi connectivity index (χ1) is 8.50. The predicted molar refractivity (Wildman–Crippen MR) is 55.1 cm³/mol. The Balaban J connectivity index is 3.77. The van der Waals surface area contributed by atoms with E-state index in [1.807, 2.05) is 0 Å². The van der Waals surface area contributed by atoms with E-state index in [0.717, 1.165) is 0 Å². The van der Waals surface area contributed by atoms with Crippen molar-refractivity contribution in [2.45, 2.75) is 24.2 Å². The summed E-state index contributed by atoms with van der Waals surface area (Å²) < 4.78 is 85.3. The lowest BCUT2D eigenvalue weighted by molar-refractivity contribution is -0.139. The van der Waals surface area contributed by atoms with E-state index in [2.05, 4.69) is 4.98 Å². The predicted octanol–water partition coefficient (Wildman–Crippen LogP) is 2.42. The Bertz CT molecular complexity index is 588. The first-order valence-corrected chi connectivity index (χ1v) is 6.83. The fourth-order valence-electron chi connectivity index (χ4n) is 1.43. The first-order valence-electron chi connectivity index (χ1n) is 4.52. The Morgan fingerprint density at radius 1 is 1.37 bits per heavy atom. The number of rotatable bonds is 3. The molecule has 1 aromatic rings. The molecule has 1 rings (SSSR count). The maximum atomic E-state index is 12.8. The molecule has 1 heterocycles. The molecule has 0 radical (unpaired) electrons. The molecule has 0 unspecified atom stereocenters. The zero-order valence-electron chi connectivity index (χ0n) is 8.88. The van der Waals surface area contributed by atoms with Gasteiger partial charge in [0.25, 0.3) is 15.5 Å². The molecule has 0 amide bonds. The van der Waals surface area contributed by atoms with Crippen molar-refractivity contribution in [3.63, 3.8) is 0 Å². The first kappa shape index (κ1) is 16.1. The molecule has 0 saturated heterocycles. The van der Waals surface area contributed by atoms with Crippen LogP contribution in [-0.4, -0.2) is 13.4 Å². The van der Waals surface area contributed by atoms with Gasteiger partial charge >= 0.3 is 6.18 Å². The third-order valence-electron chi connectivity index (χ3n) is 2.14. The van der Waals surface area contributed by atoms with Crippen LogP contribution in [0.1, 0.15) is 23.1 Å². The molecule has 0 bridgehead atoms. The zero-order chi connectivity index (χ0) is 15.0. The molecule has 1 aromatic heterocycles. The standard InChI is InChI=1S/C8H6ClF5N2O2S/c9-19(17,18)7-3(1-15)5(6(10)11)4(2-16-7)8(12,13)14/h2,6H,1,15H2. The fourth-order valence-corrected chi connectivity index (χ4v) is 2.50. The second-order valence-electron chi connectivity index (χ2n) is 3.31. The largest absolute Gasteiger partial charge is 0.418 e. The smallest absolute Gasteiger partial charge is 0.326 e. The minimum atomic E-state index is -5.11. The molecule has 19 heavy (non-hydrogen) atoms. The Morgan fingerprint density at radius 3 is 2.21 bits per heavy atom. The van der Waals surface area contributed by atoms with Gasteiger partial charge in [-0.3, -0.25) is 0 Å². The van der Waals surface area contributed by atoms with Gasteiger partial charge in [0.2, 0.25) is 0 Å². The Labute approximate surface area is 108 Å². The lowest BCUT2D eigenvalue weighted by Gasteiger charge is -2.16. The van der Waals surface area contributed by atoms with Crippen molar-refractivity contribution in [3.8, 4) is 0 Å². The Morgan fingerprint density at radius 2 is 1.89 bits per heavy atom. The number of pyridine rings is 1. The second kappa shape index (κ2) is 5.17. The van der Waals surface area contributed by atoms with Crippen molar-refractivity contribution in [2.75, 3.05) is 0 Å². The van der Waals surface area contributed by atoms with Crippen LogP contribution >= 0.6 is 10.7 Å². The van der Waals surface area contributed by atoms with Crippen molar-refractivity contribution in [2.24, 2.45) is 5.73 Å². The van der Waals surface area contributed by atoms with Gasteiger partial charge < -0.3 is 5.73 Å². The molecule has 0 saturated carbocycles. The van der Waals surface area contributed by atoms with E-state index in [0.29, 0.717) is 0 Å². The highest BCUT2D eigenvalue weighted by Crippen LogP contribution is 2.39. The summed E-state index contributed by atoms with van der Waals surface area (Å²) in [4.78, 5) is 2.98. The summed E-state index contributed by atoms with van der Waals surface area (Å²) >= 11 is 0. The lowest BCUT2D eigenvalue weighted by atomic mass is 10.0. The maximum absolute atomic E-state index is 12.8. The number of hydrogen-bond donors (Lipinski definition) is 1. The summed E-state index contributed by atoms with van der Waals surface area (Å²) in [6.07, 6.45) is -8.69. The maximum Gasteiger partial charge on any atom is 0.418 e. The van der Waals surface area contributed by atoms with Crippen molar-refractivity contribution in [1.29, 1.82) is 0 Å². The fraction of sp³-hybridized carbons (Fsp3) is 0.375. The highest BCUT2D eigenvalue weighted by molar-refractivity contribution is 8.13. The van der Waals surface area contributed by atoms with E-state index in [1.165, 1.54) is 0 Å². The molecule has 0 aliphatic rings. The monoisotopic (exact) mass is 324 g/mol. The van der Waals surface area contributed by atoms with E-state index in [-0.39, 0.29) is 6.20 Å². The summed E-state index contributed by atoms with van der Waals surface area (Å²) in [5.41, 5.74) is 0.822. The van der Waals surface area contributed by atoms with Crippen LogP contribution in [0.15, 0.2) is 11.2 Å². The summed E-state index contributed by atoms with van der Waals surface area (Å²) in [6, 6.07) is 0. The molecule has 4 nitrogen and oxygen atoms in total. The number of nitrogens with two attached hydrogens (primary N) is 1. The van der Waals surface area contributed by atoms with Crippen molar-refractivity contribution in [1.82, 2.24) is 4.98 Å². The molecule has 0 fully saturated rings. The van der Waals surface area contributed by atoms with Gasteiger partial charge in [0, 0.05) is 34.6 Å². The van der Waals surface area contributed by atoms with Crippen LogP contribution < -0.4 is 5.73 Å². The lowest BCUT2D eigenvalue weighted by Crippen LogP contribution is -2.18. The van der Waals surface area contributed by atoms with Crippen LogP contribution in [0.25, 0.3) is 0 Å². The highest BCUT2D eigenvalue weighted by Gasteiger charge is 2.39. The van der Waals surface area contributed by atoms with Crippen molar-refractivity contribution >= 4 is 19.7 Å². The van der Waals surface area contributed by atoms with Gasteiger partial charge in [-0.2, -0.15) is 13.2 Å². The zero-order valence-corrected chi connectivity index (χ0v) is 10.5. The van der Waals surface area contributed by atoms with Gasteiger partial charge in [-0.15, -0.1) is 0 Å². The molecule has 108 valence electrons. The van der Waals surface area contributed by atoms with Gasteiger partial charge in [0.15, 0.2) is 5.03 Å².